The van der Waals surface area contributed by atoms with Crippen molar-refractivity contribution in [2.45, 2.75) is 13.2 Å². The molecule has 0 aliphatic carbocycles. The summed E-state index contributed by atoms with van der Waals surface area (Å²) in [5.41, 5.74) is 9.88. The van der Waals surface area contributed by atoms with Gasteiger partial charge in [-0.05, 0) is 150 Å². The molecular formula is C60H48N4O7. The summed E-state index contributed by atoms with van der Waals surface area (Å²) in [5, 5.41) is 6.79. The molecule has 0 N–H and O–H groups in total. The van der Waals surface area contributed by atoms with Gasteiger partial charge in [-0.15, -0.1) is 0 Å². The van der Waals surface area contributed by atoms with E-state index in [0.29, 0.717) is 30.5 Å². The minimum atomic E-state index is -0.550. The average Bonchev–Trinajstić information content (AvgIpc) is 3.42. The van der Waals surface area contributed by atoms with Crippen LogP contribution >= 0.6 is 0 Å². The zero-order chi connectivity index (χ0) is 49.4. The summed E-state index contributed by atoms with van der Waals surface area (Å²) < 4.78 is 22.2. The smallest absolute Gasteiger partial charge is 0.335 e. The van der Waals surface area contributed by atoms with E-state index in [0.717, 1.165) is 80.4 Å². The minimum absolute atomic E-state index is 0.369. The molecule has 8 rings (SSSR count). The van der Waals surface area contributed by atoms with Gasteiger partial charge >= 0.3 is 17.9 Å². The van der Waals surface area contributed by atoms with Gasteiger partial charge < -0.3 is 28.7 Å². The fraction of sp³-hybridized carbons (Fsp3) is 0.0333. The number of carbonyl (C=O) groups excluding carboxylic acids is 3. The SMILES string of the molecule is C=CC(=O)Oc1ccc(N(c2ccc(/C=N/N(c3ccccc3)c3ccccc3)cc2)c2ccc(COCc3ccc(N(c4ccc(OC(=O)C=C)cc4)c4ccc(OC(=O)C=C)cc4)cc3)cc2)cc1. The highest BCUT2D eigenvalue weighted by Crippen LogP contribution is 2.38. The monoisotopic (exact) mass is 936 g/mol. The molecule has 11 nitrogen and oxygen atoms in total. The van der Waals surface area contributed by atoms with Gasteiger partial charge in [-0.3, -0.25) is 0 Å². The molecule has 0 fully saturated rings. The predicted octanol–water partition coefficient (Wildman–Crippen LogP) is 13.8. The average molecular weight is 937 g/mol. The van der Waals surface area contributed by atoms with Crippen LogP contribution in [0.3, 0.4) is 0 Å². The highest BCUT2D eigenvalue weighted by atomic mass is 16.5. The minimum Gasteiger partial charge on any atom is -0.423 e. The number of hydrazone groups is 1. The van der Waals surface area contributed by atoms with Crippen LogP contribution in [0, 0.1) is 0 Å². The van der Waals surface area contributed by atoms with Crippen molar-refractivity contribution in [1.29, 1.82) is 0 Å². The van der Waals surface area contributed by atoms with Crippen molar-refractivity contribution < 1.29 is 33.3 Å². The third kappa shape index (κ3) is 12.7. The lowest BCUT2D eigenvalue weighted by atomic mass is 10.1. The lowest BCUT2D eigenvalue weighted by molar-refractivity contribution is -0.129. The molecule has 0 atom stereocenters. The molecular weight excluding hydrogens is 889 g/mol. The Morgan fingerprint density at radius 3 is 0.986 bits per heavy atom. The molecule has 8 aromatic rings. The molecule has 350 valence electrons. The molecule has 71 heavy (non-hydrogen) atoms. The van der Waals surface area contributed by atoms with Crippen LogP contribution < -0.4 is 29.0 Å². The summed E-state index contributed by atoms with van der Waals surface area (Å²) in [6.45, 7) is 11.2. The molecule has 0 aliphatic heterocycles. The fourth-order valence-corrected chi connectivity index (χ4v) is 7.38. The first-order chi connectivity index (χ1) is 34.8. The van der Waals surface area contributed by atoms with Crippen molar-refractivity contribution >= 4 is 69.6 Å². The van der Waals surface area contributed by atoms with Crippen LogP contribution in [0.15, 0.2) is 249 Å². The number of nitrogens with zero attached hydrogens (tertiary/aromatic N) is 4. The first-order valence-corrected chi connectivity index (χ1v) is 22.5. The number of esters is 3. The number of benzene rings is 8. The van der Waals surface area contributed by atoms with Gasteiger partial charge in [0.1, 0.15) is 17.2 Å². The van der Waals surface area contributed by atoms with E-state index in [1.807, 2.05) is 186 Å². The molecule has 0 heterocycles. The van der Waals surface area contributed by atoms with Crippen molar-refractivity contribution in [3.05, 3.63) is 261 Å². The molecule has 11 heteroatoms. The van der Waals surface area contributed by atoms with Crippen LogP contribution in [-0.2, 0) is 32.3 Å². The van der Waals surface area contributed by atoms with Crippen LogP contribution in [0.1, 0.15) is 16.7 Å². The summed E-state index contributed by atoms with van der Waals surface area (Å²) in [4.78, 5) is 39.7. The Kier molecular flexibility index (Phi) is 15.8. The van der Waals surface area contributed by atoms with Crippen LogP contribution in [0.4, 0.5) is 45.5 Å². The first kappa shape index (κ1) is 47.9. The van der Waals surface area contributed by atoms with Crippen LogP contribution in [0.25, 0.3) is 0 Å². The Morgan fingerprint density at radius 1 is 0.380 bits per heavy atom. The van der Waals surface area contributed by atoms with Gasteiger partial charge in [-0.1, -0.05) is 92.5 Å². The summed E-state index contributed by atoms with van der Waals surface area (Å²) in [5.74, 6) is -0.460. The van der Waals surface area contributed by atoms with E-state index in [4.69, 9.17) is 24.0 Å². The number of carbonyl (C=O) groups is 3. The lowest BCUT2D eigenvalue weighted by Gasteiger charge is -2.26. The zero-order valence-electron chi connectivity index (χ0n) is 38.6. The number of ether oxygens (including phenoxy) is 4. The first-order valence-electron chi connectivity index (χ1n) is 22.5. The molecule has 8 aromatic carbocycles. The van der Waals surface area contributed by atoms with Crippen LogP contribution in [0.5, 0.6) is 17.2 Å². The number of para-hydroxylation sites is 2. The second kappa shape index (κ2) is 23.4. The Bertz CT molecular complexity index is 3000. The van der Waals surface area contributed by atoms with Crippen molar-refractivity contribution in [3.63, 3.8) is 0 Å². The third-order valence-corrected chi connectivity index (χ3v) is 10.8. The maximum absolute atomic E-state index is 11.9. The second-order valence-corrected chi connectivity index (χ2v) is 15.7. The van der Waals surface area contributed by atoms with E-state index in [-0.39, 0.29) is 0 Å². The molecule has 0 saturated heterocycles. The van der Waals surface area contributed by atoms with Gasteiger partial charge in [0.05, 0.1) is 30.8 Å². The molecule has 0 bridgehead atoms. The molecule has 0 amide bonds. The van der Waals surface area contributed by atoms with Gasteiger partial charge in [0, 0.05) is 52.4 Å². The van der Waals surface area contributed by atoms with E-state index >= 15 is 0 Å². The number of rotatable bonds is 20. The van der Waals surface area contributed by atoms with Gasteiger partial charge in [0.15, 0.2) is 0 Å². The quantitative estimate of drug-likeness (QED) is 0.0241. The van der Waals surface area contributed by atoms with E-state index in [1.165, 1.54) is 0 Å². The lowest BCUT2D eigenvalue weighted by Crippen LogP contribution is -2.11. The molecule has 0 aliphatic rings. The second-order valence-electron chi connectivity index (χ2n) is 15.7. The molecule has 0 unspecified atom stereocenters. The molecule has 0 spiro atoms. The van der Waals surface area contributed by atoms with Crippen molar-refractivity contribution in [1.82, 2.24) is 0 Å². The Balaban J connectivity index is 0.971. The Morgan fingerprint density at radius 2 is 0.676 bits per heavy atom. The predicted molar refractivity (Wildman–Crippen MR) is 281 cm³/mol. The fourth-order valence-electron chi connectivity index (χ4n) is 7.38. The van der Waals surface area contributed by atoms with E-state index < -0.39 is 17.9 Å². The van der Waals surface area contributed by atoms with E-state index in [9.17, 15) is 14.4 Å². The summed E-state index contributed by atoms with van der Waals surface area (Å²) in [6, 6.07) is 65.9. The molecule has 0 aromatic heterocycles. The highest BCUT2D eigenvalue weighted by Gasteiger charge is 2.16. The largest absolute Gasteiger partial charge is 0.423 e. The van der Waals surface area contributed by atoms with Crippen LogP contribution in [0.2, 0.25) is 0 Å². The van der Waals surface area contributed by atoms with Crippen molar-refractivity contribution in [3.8, 4) is 17.2 Å². The van der Waals surface area contributed by atoms with Crippen molar-refractivity contribution in [2.24, 2.45) is 5.10 Å². The topological polar surface area (TPSA) is 110 Å². The van der Waals surface area contributed by atoms with Crippen LogP contribution in [-0.4, -0.2) is 24.1 Å². The number of hydrogen-bond acceptors (Lipinski definition) is 11. The summed E-state index contributed by atoms with van der Waals surface area (Å²) in [7, 11) is 0. The third-order valence-electron chi connectivity index (χ3n) is 10.8. The summed E-state index contributed by atoms with van der Waals surface area (Å²) in [6.07, 6.45) is 5.19. The Labute approximate surface area is 412 Å². The Hall–Kier alpha value is -9.58. The van der Waals surface area contributed by atoms with Gasteiger partial charge in [-0.25, -0.2) is 19.4 Å². The molecule has 0 radical (unpaired) electrons. The maximum Gasteiger partial charge on any atom is 0.335 e. The standard InChI is InChI=1S/C60H48N4O7/c1-4-58(65)69-55-35-29-50(30-36-55)62(47-23-17-44(18-24-47)41-61-64(53-13-9-7-10-14-53)54-15-11-8-12-16-54)48-25-19-45(20-26-48)42-68-43-46-21-27-49(28-22-46)63(51-31-37-56(38-32-51)70-59(66)5-2)52-33-39-57(40-34-52)71-60(67)6-3/h4-41H,1-3,42-43H2/b61-41+. The van der Waals surface area contributed by atoms with E-state index in [1.54, 1.807) is 36.4 Å². The van der Waals surface area contributed by atoms with Gasteiger partial charge in [0.25, 0.3) is 0 Å². The summed E-state index contributed by atoms with van der Waals surface area (Å²) >= 11 is 0. The van der Waals surface area contributed by atoms with E-state index in [2.05, 4.69) is 24.6 Å². The zero-order valence-corrected chi connectivity index (χ0v) is 38.6. The number of hydrogen-bond donors (Lipinski definition) is 0. The van der Waals surface area contributed by atoms with Crippen molar-refractivity contribution in [2.75, 3.05) is 14.8 Å². The van der Waals surface area contributed by atoms with Gasteiger partial charge in [-0.2, -0.15) is 5.10 Å². The van der Waals surface area contributed by atoms with Gasteiger partial charge in [0.2, 0.25) is 0 Å². The maximum atomic E-state index is 11.9. The molecule has 0 saturated carbocycles. The normalized spacial score (nSPS) is 10.7. The number of anilines is 8. The highest BCUT2D eigenvalue weighted by molar-refractivity contribution is 5.87.